The fourth-order valence-electron chi connectivity index (χ4n) is 4.59. The molecule has 0 aliphatic heterocycles. The van der Waals surface area contributed by atoms with Crippen molar-refractivity contribution in [2.75, 3.05) is 27.4 Å². The van der Waals surface area contributed by atoms with Crippen molar-refractivity contribution in [2.45, 2.75) is 45.6 Å². The van der Waals surface area contributed by atoms with Crippen LogP contribution in [0.15, 0.2) is 66.7 Å². The highest BCUT2D eigenvalue weighted by molar-refractivity contribution is 5.94. The van der Waals surface area contributed by atoms with E-state index >= 15 is 0 Å². The quantitative estimate of drug-likeness (QED) is 0.221. The van der Waals surface area contributed by atoms with E-state index in [2.05, 4.69) is 41.9 Å². The van der Waals surface area contributed by atoms with Crippen LogP contribution in [0, 0.1) is 0 Å². The molecule has 0 saturated carbocycles. The Labute approximate surface area is 224 Å². The van der Waals surface area contributed by atoms with Gasteiger partial charge in [-0.25, -0.2) is 4.98 Å². The lowest BCUT2D eigenvalue weighted by Gasteiger charge is -2.14. The molecule has 200 valence electrons. The zero-order valence-corrected chi connectivity index (χ0v) is 22.7. The number of carbonyl (C=O) groups excluding carboxylic acids is 1. The first-order valence-electron chi connectivity index (χ1n) is 13.2. The molecular weight excluding hydrogens is 478 g/mol. The Balaban J connectivity index is 1.34. The van der Waals surface area contributed by atoms with Crippen molar-refractivity contribution in [3.8, 4) is 17.2 Å². The predicted molar refractivity (Wildman–Crippen MR) is 151 cm³/mol. The Hall–Kier alpha value is -4.00. The SMILES string of the molecule is COc1ccc(C(=O)NCCCc2nc3ccccc3n2CCCOc2ccccc2C(C)C)cc1OC. The summed E-state index contributed by atoms with van der Waals surface area (Å²) in [6.07, 6.45) is 2.41. The number of ether oxygens (including phenoxy) is 3. The maximum absolute atomic E-state index is 12.6. The van der Waals surface area contributed by atoms with Gasteiger partial charge >= 0.3 is 0 Å². The van der Waals surface area contributed by atoms with E-state index in [0.717, 1.165) is 48.4 Å². The zero-order chi connectivity index (χ0) is 26.9. The molecule has 0 spiro atoms. The first-order chi connectivity index (χ1) is 18.5. The van der Waals surface area contributed by atoms with E-state index in [9.17, 15) is 4.79 Å². The second-order valence-corrected chi connectivity index (χ2v) is 9.49. The van der Waals surface area contributed by atoms with Crippen molar-refractivity contribution in [3.05, 3.63) is 83.7 Å². The van der Waals surface area contributed by atoms with Gasteiger partial charge in [-0.1, -0.05) is 44.2 Å². The van der Waals surface area contributed by atoms with E-state index < -0.39 is 0 Å². The van der Waals surface area contributed by atoms with E-state index in [4.69, 9.17) is 19.2 Å². The molecule has 0 unspecified atom stereocenters. The number of nitrogens with zero attached hydrogens (tertiary/aromatic N) is 2. The molecule has 7 heteroatoms. The van der Waals surface area contributed by atoms with Crippen molar-refractivity contribution in [1.82, 2.24) is 14.9 Å². The molecule has 4 aromatic rings. The maximum atomic E-state index is 12.6. The van der Waals surface area contributed by atoms with Gasteiger partial charge in [-0.2, -0.15) is 0 Å². The van der Waals surface area contributed by atoms with Gasteiger partial charge in [-0.05, 0) is 60.7 Å². The number of fused-ring (bicyclic) bond motifs is 1. The Kier molecular flexibility index (Phi) is 9.25. The molecule has 0 bridgehead atoms. The number of hydrogen-bond donors (Lipinski definition) is 1. The molecule has 0 radical (unpaired) electrons. The third-order valence-corrected chi connectivity index (χ3v) is 6.57. The van der Waals surface area contributed by atoms with Crippen LogP contribution in [-0.4, -0.2) is 42.8 Å². The van der Waals surface area contributed by atoms with Crippen molar-refractivity contribution in [3.63, 3.8) is 0 Å². The van der Waals surface area contributed by atoms with Crippen molar-refractivity contribution >= 4 is 16.9 Å². The van der Waals surface area contributed by atoms with Gasteiger partial charge in [0.1, 0.15) is 11.6 Å². The maximum Gasteiger partial charge on any atom is 0.251 e. The number of nitrogens with one attached hydrogen (secondary N) is 1. The molecule has 7 nitrogen and oxygen atoms in total. The lowest BCUT2D eigenvalue weighted by molar-refractivity contribution is 0.0952. The fourth-order valence-corrected chi connectivity index (χ4v) is 4.59. The first kappa shape index (κ1) is 27.0. The molecular formula is C31H37N3O4. The van der Waals surface area contributed by atoms with Gasteiger partial charge < -0.3 is 24.1 Å². The Morgan fingerprint density at radius 1 is 0.921 bits per heavy atom. The van der Waals surface area contributed by atoms with E-state index in [1.54, 1.807) is 32.4 Å². The van der Waals surface area contributed by atoms with Gasteiger partial charge in [-0.15, -0.1) is 0 Å². The summed E-state index contributed by atoms with van der Waals surface area (Å²) in [5.41, 5.74) is 3.88. The molecule has 4 rings (SSSR count). The molecule has 38 heavy (non-hydrogen) atoms. The van der Waals surface area contributed by atoms with Crippen LogP contribution in [0.25, 0.3) is 11.0 Å². The van der Waals surface area contributed by atoms with Crippen LogP contribution in [0.5, 0.6) is 17.2 Å². The van der Waals surface area contributed by atoms with Gasteiger partial charge in [0.2, 0.25) is 0 Å². The number of rotatable bonds is 13. The summed E-state index contributed by atoms with van der Waals surface area (Å²) < 4.78 is 19.0. The van der Waals surface area contributed by atoms with Crippen LogP contribution in [0.4, 0.5) is 0 Å². The predicted octanol–water partition coefficient (Wildman–Crippen LogP) is 6.01. The highest BCUT2D eigenvalue weighted by Gasteiger charge is 2.13. The highest BCUT2D eigenvalue weighted by atomic mass is 16.5. The molecule has 0 fully saturated rings. The summed E-state index contributed by atoms with van der Waals surface area (Å²) in [7, 11) is 3.13. The molecule has 1 heterocycles. The summed E-state index contributed by atoms with van der Waals surface area (Å²) in [5, 5.41) is 3.00. The summed E-state index contributed by atoms with van der Waals surface area (Å²) in [6, 6.07) is 21.6. The average Bonchev–Trinajstić information content (AvgIpc) is 3.30. The molecule has 0 aliphatic rings. The smallest absolute Gasteiger partial charge is 0.251 e. The summed E-state index contributed by atoms with van der Waals surface area (Å²) >= 11 is 0. The lowest BCUT2D eigenvalue weighted by atomic mass is 10.0. The van der Waals surface area contributed by atoms with E-state index in [1.165, 1.54) is 5.56 Å². The van der Waals surface area contributed by atoms with Crippen molar-refractivity contribution in [1.29, 1.82) is 0 Å². The number of carbonyl (C=O) groups is 1. The fraction of sp³-hybridized carbons (Fsp3) is 0.355. The summed E-state index contributed by atoms with van der Waals surface area (Å²) in [6.45, 7) is 6.37. The standard InChI is InChI=1S/C31H37N3O4/c1-22(2)24-11-5-8-14-27(24)38-20-10-19-34-26-13-7-6-12-25(26)33-30(34)15-9-18-32-31(35)23-16-17-28(36-3)29(21-23)37-4/h5-8,11-14,16-17,21-22H,9-10,15,18-20H2,1-4H3,(H,32,35). The zero-order valence-electron chi connectivity index (χ0n) is 22.7. The van der Waals surface area contributed by atoms with Crippen LogP contribution in [0.3, 0.4) is 0 Å². The van der Waals surface area contributed by atoms with Crippen molar-refractivity contribution in [2.24, 2.45) is 0 Å². The van der Waals surface area contributed by atoms with Gasteiger partial charge in [-0.3, -0.25) is 4.79 Å². The molecule has 1 N–H and O–H groups in total. The number of aryl methyl sites for hydroxylation is 2. The minimum Gasteiger partial charge on any atom is -0.493 e. The number of methoxy groups -OCH3 is 2. The van der Waals surface area contributed by atoms with Gasteiger partial charge in [0.25, 0.3) is 5.91 Å². The largest absolute Gasteiger partial charge is 0.493 e. The van der Waals surface area contributed by atoms with Crippen LogP contribution < -0.4 is 19.5 Å². The van der Waals surface area contributed by atoms with Crippen LogP contribution in [-0.2, 0) is 13.0 Å². The van der Waals surface area contributed by atoms with E-state index in [-0.39, 0.29) is 5.91 Å². The minimum atomic E-state index is -0.140. The highest BCUT2D eigenvalue weighted by Crippen LogP contribution is 2.28. The molecule has 3 aromatic carbocycles. The minimum absolute atomic E-state index is 0.140. The average molecular weight is 516 g/mol. The number of aromatic nitrogens is 2. The van der Waals surface area contributed by atoms with Crippen LogP contribution in [0.2, 0.25) is 0 Å². The van der Waals surface area contributed by atoms with Crippen molar-refractivity contribution < 1.29 is 19.0 Å². The Morgan fingerprint density at radius 2 is 1.68 bits per heavy atom. The van der Waals surface area contributed by atoms with E-state index in [0.29, 0.717) is 36.1 Å². The molecule has 0 atom stereocenters. The molecule has 0 saturated heterocycles. The first-order valence-corrected chi connectivity index (χ1v) is 13.2. The molecule has 0 aliphatic carbocycles. The van der Waals surface area contributed by atoms with Crippen LogP contribution in [0.1, 0.15) is 54.4 Å². The van der Waals surface area contributed by atoms with Gasteiger partial charge in [0.15, 0.2) is 11.5 Å². The second kappa shape index (κ2) is 13.0. The molecule has 1 amide bonds. The Bertz CT molecular complexity index is 1360. The van der Waals surface area contributed by atoms with Gasteiger partial charge in [0.05, 0.1) is 31.9 Å². The normalized spacial score (nSPS) is 11.1. The van der Waals surface area contributed by atoms with Crippen LogP contribution >= 0.6 is 0 Å². The molecule has 1 aromatic heterocycles. The summed E-state index contributed by atoms with van der Waals surface area (Å²) in [5.74, 6) is 3.39. The van der Waals surface area contributed by atoms with E-state index in [1.807, 2.05) is 30.3 Å². The third-order valence-electron chi connectivity index (χ3n) is 6.57. The number of amides is 1. The second-order valence-electron chi connectivity index (χ2n) is 9.49. The third kappa shape index (κ3) is 6.46. The number of benzene rings is 3. The Morgan fingerprint density at radius 3 is 2.47 bits per heavy atom. The summed E-state index contributed by atoms with van der Waals surface area (Å²) in [4.78, 5) is 17.5. The topological polar surface area (TPSA) is 74.6 Å². The monoisotopic (exact) mass is 515 g/mol. The number of imidazole rings is 1. The number of para-hydroxylation sites is 3. The van der Waals surface area contributed by atoms with Gasteiger partial charge in [0, 0.05) is 25.1 Å². The number of hydrogen-bond acceptors (Lipinski definition) is 5. The lowest BCUT2D eigenvalue weighted by Crippen LogP contribution is -2.25.